The molecule has 0 atom stereocenters. The number of nitrogens with zero attached hydrogens (tertiary/aromatic N) is 3. The molecule has 0 bridgehead atoms. The normalized spacial score (nSPS) is 15.6. The number of carbonyl (C=O) groups excluding carboxylic acids is 1. The number of carbonyl (C=O) groups is 1. The molecule has 23 heavy (non-hydrogen) atoms. The number of aromatic nitrogens is 1. The standard InChI is InChI=1S/C18H27N3O2/c1-15(2)21(18(22)14-23-3)13-17-5-4-10-20(12-17)11-16-6-8-19-9-7-16/h5-9,15H,4,10-14H2,1-3H3. The lowest BCUT2D eigenvalue weighted by atomic mass is 10.1. The van der Waals surface area contributed by atoms with Gasteiger partial charge in [-0.15, -0.1) is 0 Å². The summed E-state index contributed by atoms with van der Waals surface area (Å²) in [6, 6.07) is 4.29. The van der Waals surface area contributed by atoms with Crippen LogP contribution in [0.5, 0.6) is 0 Å². The third-order valence-electron chi connectivity index (χ3n) is 4.05. The maximum absolute atomic E-state index is 12.2. The van der Waals surface area contributed by atoms with Crippen LogP contribution in [0.2, 0.25) is 0 Å². The van der Waals surface area contributed by atoms with Crippen LogP contribution in [0.1, 0.15) is 25.8 Å². The zero-order chi connectivity index (χ0) is 16.7. The van der Waals surface area contributed by atoms with Gasteiger partial charge in [-0.3, -0.25) is 14.7 Å². The van der Waals surface area contributed by atoms with Crippen molar-refractivity contribution in [2.24, 2.45) is 0 Å². The van der Waals surface area contributed by atoms with Gasteiger partial charge in [0.1, 0.15) is 6.61 Å². The topological polar surface area (TPSA) is 45.7 Å². The Morgan fingerprint density at radius 1 is 1.39 bits per heavy atom. The Kier molecular flexibility index (Phi) is 6.74. The van der Waals surface area contributed by atoms with Gasteiger partial charge < -0.3 is 9.64 Å². The van der Waals surface area contributed by atoms with E-state index in [0.29, 0.717) is 6.54 Å². The molecule has 0 saturated carbocycles. The lowest BCUT2D eigenvalue weighted by Crippen LogP contribution is -2.42. The largest absolute Gasteiger partial charge is 0.375 e. The Hall–Kier alpha value is -1.72. The second-order valence-corrected chi connectivity index (χ2v) is 6.27. The molecule has 5 nitrogen and oxygen atoms in total. The summed E-state index contributed by atoms with van der Waals surface area (Å²) < 4.78 is 5.00. The maximum Gasteiger partial charge on any atom is 0.249 e. The minimum absolute atomic E-state index is 0.0506. The first kappa shape index (κ1) is 17.6. The molecule has 0 spiro atoms. The first-order valence-electron chi connectivity index (χ1n) is 8.17. The highest BCUT2D eigenvalue weighted by Crippen LogP contribution is 2.15. The predicted octanol–water partition coefficient (Wildman–Crippen LogP) is 2.10. The molecule has 1 amide bonds. The summed E-state index contributed by atoms with van der Waals surface area (Å²) in [4.78, 5) is 20.6. The highest BCUT2D eigenvalue weighted by molar-refractivity contribution is 5.78. The molecule has 1 aliphatic rings. The second-order valence-electron chi connectivity index (χ2n) is 6.27. The van der Waals surface area contributed by atoms with Crippen molar-refractivity contribution in [3.63, 3.8) is 0 Å². The second kappa shape index (κ2) is 8.79. The van der Waals surface area contributed by atoms with Crippen LogP contribution in [-0.2, 0) is 16.1 Å². The Morgan fingerprint density at radius 3 is 2.78 bits per heavy atom. The lowest BCUT2D eigenvalue weighted by Gasteiger charge is -2.32. The van der Waals surface area contributed by atoms with E-state index >= 15 is 0 Å². The van der Waals surface area contributed by atoms with Crippen molar-refractivity contribution < 1.29 is 9.53 Å². The van der Waals surface area contributed by atoms with E-state index in [9.17, 15) is 4.79 Å². The van der Waals surface area contributed by atoms with E-state index in [0.717, 1.165) is 26.1 Å². The van der Waals surface area contributed by atoms with Crippen LogP contribution in [-0.4, -0.2) is 60.1 Å². The highest BCUT2D eigenvalue weighted by atomic mass is 16.5. The summed E-state index contributed by atoms with van der Waals surface area (Å²) in [5, 5.41) is 0. The van der Waals surface area contributed by atoms with Gasteiger partial charge in [0.15, 0.2) is 0 Å². The number of amides is 1. The highest BCUT2D eigenvalue weighted by Gasteiger charge is 2.20. The Morgan fingerprint density at radius 2 is 2.13 bits per heavy atom. The van der Waals surface area contributed by atoms with Gasteiger partial charge in [0.2, 0.25) is 5.91 Å². The average molecular weight is 317 g/mol. The number of hydrogen-bond acceptors (Lipinski definition) is 4. The molecule has 126 valence electrons. The molecule has 0 fully saturated rings. The molecular weight excluding hydrogens is 290 g/mol. The molecular formula is C18H27N3O2. The molecule has 0 N–H and O–H groups in total. The van der Waals surface area contributed by atoms with Gasteiger partial charge in [-0.1, -0.05) is 6.08 Å². The Bertz CT molecular complexity index is 528. The average Bonchev–Trinajstić information content (AvgIpc) is 2.54. The van der Waals surface area contributed by atoms with Crippen LogP contribution < -0.4 is 0 Å². The molecule has 2 heterocycles. The van der Waals surface area contributed by atoms with Gasteiger partial charge in [-0.25, -0.2) is 0 Å². The minimum atomic E-state index is 0.0506. The number of ether oxygens (including phenoxy) is 1. The zero-order valence-electron chi connectivity index (χ0n) is 14.4. The van der Waals surface area contributed by atoms with Crippen LogP contribution in [0.15, 0.2) is 36.2 Å². The van der Waals surface area contributed by atoms with Crippen LogP contribution in [0, 0.1) is 0 Å². The number of pyridine rings is 1. The SMILES string of the molecule is COCC(=O)N(CC1=CCCN(Cc2ccncc2)C1)C(C)C. The van der Waals surface area contributed by atoms with Crippen molar-refractivity contribution in [2.45, 2.75) is 32.9 Å². The maximum atomic E-state index is 12.2. The Labute approximate surface area is 138 Å². The third kappa shape index (κ3) is 5.44. The minimum Gasteiger partial charge on any atom is -0.375 e. The van der Waals surface area contributed by atoms with Crippen LogP contribution in [0.25, 0.3) is 0 Å². The van der Waals surface area contributed by atoms with E-state index in [1.165, 1.54) is 11.1 Å². The van der Waals surface area contributed by atoms with Crippen molar-refractivity contribution in [1.29, 1.82) is 0 Å². The van der Waals surface area contributed by atoms with E-state index in [1.807, 2.05) is 31.1 Å². The van der Waals surface area contributed by atoms with Gasteiger partial charge in [0, 0.05) is 51.7 Å². The van der Waals surface area contributed by atoms with Gasteiger partial charge in [0.25, 0.3) is 0 Å². The molecule has 0 aromatic carbocycles. The van der Waals surface area contributed by atoms with Gasteiger partial charge in [0.05, 0.1) is 0 Å². The molecule has 1 aromatic heterocycles. The molecule has 5 heteroatoms. The molecule has 0 saturated heterocycles. The summed E-state index contributed by atoms with van der Waals surface area (Å²) in [5.74, 6) is 0.0506. The molecule has 0 aliphatic carbocycles. The Balaban J connectivity index is 1.94. The number of methoxy groups -OCH3 is 1. The van der Waals surface area contributed by atoms with E-state index in [2.05, 4.69) is 28.1 Å². The van der Waals surface area contributed by atoms with Crippen LogP contribution in [0.4, 0.5) is 0 Å². The molecule has 1 aliphatic heterocycles. The van der Waals surface area contributed by atoms with E-state index in [1.54, 1.807) is 7.11 Å². The summed E-state index contributed by atoms with van der Waals surface area (Å²) in [6.45, 7) is 7.81. The van der Waals surface area contributed by atoms with Gasteiger partial charge >= 0.3 is 0 Å². The lowest BCUT2D eigenvalue weighted by molar-refractivity contribution is -0.136. The summed E-state index contributed by atoms with van der Waals surface area (Å²) in [5.41, 5.74) is 2.58. The van der Waals surface area contributed by atoms with Gasteiger partial charge in [-0.05, 0) is 43.5 Å². The first-order valence-corrected chi connectivity index (χ1v) is 8.17. The summed E-state index contributed by atoms with van der Waals surface area (Å²) in [6.07, 6.45) is 6.98. The van der Waals surface area contributed by atoms with Crippen molar-refractivity contribution in [3.8, 4) is 0 Å². The van der Waals surface area contributed by atoms with Crippen molar-refractivity contribution in [1.82, 2.24) is 14.8 Å². The van der Waals surface area contributed by atoms with Crippen molar-refractivity contribution in [3.05, 3.63) is 41.7 Å². The smallest absolute Gasteiger partial charge is 0.249 e. The molecule has 2 rings (SSSR count). The monoisotopic (exact) mass is 317 g/mol. The predicted molar refractivity (Wildman–Crippen MR) is 90.9 cm³/mol. The summed E-state index contributed by atoms with van der Waals surface area (Å²) >= 11 is 0. The quantitative estimate of drug-likeness (QED) is 0.723. The number of rotatable bonds is 7. The van der Waals surface area contributed by atoms with Crippen molar-refractivity contribution in [2.75, 3.05) is 33.4 Å². The van der Waals surface area contributed by atoms with Crippen LogP contribution in [0.3, 0.4) is 0 Å². The first-order chi connectivity index (χ1) is 11.1. The third-order valence-corrected chi connectivity index (χ3v) is 4.05. The fourth-order valence-corrected chi connectivity index (χ4v) is 2.86. The van der Waals surface area contributed by atoms with E-state index in [-0.39, 0.29) is 18.6 Å². The number of hydrogen-bond donors (Lipinski definition) is 0. The van der Waals surface area contributed by atoms with Crippen LogP contribution >= 0.6 is 0 Å². The molecule has 0 unspecified atom stereocenters. The zero-order valence-corrected chi connectivity index (χ0v) is 14.4. The molecule has 0 radical (unpaired) electrons. The summed E-state index contributed by atoms with van der Waals surface area (Å²) in [7, 11) is 1.56. The van der Waals surface area contributed by atoms with Crippen molar-refractivity contribution >= 4 is 5.91 Å². The fraction of sp³-hybridized carbons (Fsp3) is 0.556. The van der Waals surface area contributed by atoms with E-state index in [4.69, 9.17) is 4.74 Å². The van der Waals surface area contributed by atoms with Gasteiger partial charge in [-0.2, -0.15) is 0 Å². The van der Waals surface area contributed by atoms with E-state index < -0.39 is 0 Å². The molecule has 1 aromatic rings. The fourth-order valence-electron chi connectivity index (χ4n) is 2.86.